The topological polar surface area (TPSA) is 150 Å². The van der Waals surface area contributed by atoms with Crippen LogP contribution in [0.1, 0.15) is 33.6 Å². The van der Waals surface area contributed by atoms with Gasteiger partial charge in [-0.2, -0.15) is 15.8 Å². The van der Waals surface area contributed by atoms with Gasteiger partial charge in [-0.05, 0) is 19.4 Å². The molecule has 8 nitrogen and oxygen atoms in total. The van der Waals surface area contributed by atoms with Gasteiger partial charge in [0, 0.05) is 5.41 Å². The minimum atomic E-state index is -1.94. The lowest BCUT2D eigenvalue weighted by Crippen LogP contribution is -2.45. The maximum atomic E-state index is 12.0. The maximum absolute atomic E-state index is 12.0. The van der Waals surface area contributed by atoms with Crippen LogP contribution in [-0.2, 0) is 19.1 Å². The first kappa shape index (κ1) is 20.7. The molecule has 136 valence electrons. The van der Waals surface area contributed by atoms with Gasteiger partial charge in [0.15, 0.2) is 5.41 Å². The zero-order chi connectivity index (χ0) is 20.0. The number of hydrogen-bond donors (Lipinski definition) is 1. The fourth-order valence-electron chi connectivity index (χ4n) is 2.97. The highest BCUT2D eigenvalue weighted by atomic mass is 16.5. The summed E-state index contributed by atoms with van der Waals surface area (Å²) in [5.74, 6) is -1.20. The molecular formula is C18H20N4O4. The van der Waals surface area contributed by atoms with Crippen molar-refractivity contribution in [1.82, 2.24) is 0 Å². The first-order valence-electron chi connectivity index (χ1n) is 8.01. The Morgan fingerprint density at radius 1 is 1.12 bits per heavy atom. The lowest BCUT2D eigenvalue weighted by atomic mass is 9.58. The molecule has 0 bridgehead atoms. The Bertz CT molecular complexity index is 777. The van der Waals surface area contributed by atoms with E-state index in [-0.39, 0.29) is 42.9 Å². The second-order valence-corrected chi connectivity index (χ2v) is 5.92. The summed E-state index contributed by atoms with van der Waals surface area (Å²) in [5, 5.41) is 28.8. The number of allylic oxidation sites excluding steroid dienone is 3. The van der Waals surface area contributed by atoms with Crippen LogP contribution in [0, 0.1) is 44.8 Å². The molecule has 0 saturated carbocycles. The van der Waals surface area contributed by atoms with E-state index in [9.17, 15) is 25.4 Å². The van der Waals surface area contributed by atoms with Crippen molar-refractivity contribution in [1.29, 1.82) is 15.8 Å². The Balaban J connectivity index is 3.55. The van der Waals surface area contributed by atoms with E-state index in [1.165, 1.54) is 13.0 Å². The van der Waals surface area contributed by atoms with Crippen LogP contribution >= 0.6 is 0 Å². The molecule has 0 aromatic heterocycles. The zero-order valence-electron chi connectivity index (χ0n) is 15.0. The van der Waals surface area contributed by atoms with Crippen molar-refractivity contribution in [2.75, 3.05) is 13.2 Å². The Labute approximate surface area is 152 Å². The summed E-state index contributed by atoms with van der Waals surface area (Å²) in [4.78, 5) is 23.9. The van der Waals surface area contributed by atoms with E-state index < -0.39 is 22.8 Å². The lowest BCUT2D eigenvalue weighted by Gasteiger charge is -2.41. The molecule has 8 heteroatoms. The van der Waals surface area contributed by atoms with Crippen molar-refractivity contribution < 1.29 is 19.1 Å². The highest BCUT2D eigenvalue weighted by Crippen LogP contribution is 2.52. The van der Waals surface area contributed by atoms with Crippen LogP contribution in [-0.4, -0.2) is 25.2 Å². The van der Waals surface area contributed by atoms with Crippen LogP contribution in [0.15, 0.2) is 22.9 Å². The summed E-state index contributed by atoms with van der Waals surface area (Å²) in [7, 11) is 0. The van der Waals surface area contributed by atoms with Gasteiger partial charge in [0.2, 0.25) is 0 Å². The molecule has 1 aliphatic carbocycles. The molecule has 26 heavy (non-hydrogen) atoms. The Hall–Kier alpha value is -3.31. The molecule has 0 saturated heterocycles. The summed E-state index contributed by atoms with van der Waals surface area (Å²) < 4.78 is 9.83. The largest absolute Gasteiger partial charge is 0.466 e. The predicted octanol–water partition coefficient (Wildman–Crippen LogP) is 1.61. The summed E-state index contributed by atoms with van der Waals surface area (Å²) in [6.07, 6.45) is 0.846. The third-order valence-corrected chi connectivity index (χ3v) is 4.25. The van der Waals surface area contributed by atoms with E-state index in [2.05, 4.69) is 0 Å². The third kappa shape index (κ3) is 3.53. The zero-order valence-corrected chi connectivity index (χ0v) is 15.0. The molecule has 0 spiro atoms. The standard InChI is InChI=1S/C18H20N4O4/c1-4-25-14(23)6-12-7-17(3,8-15(24)26-5-2)18(10-20,11-21)16(22)13(12)9-19/h7H,4-6,8,22H2,1-3H3/t17-/m0/s1. The molecule has 0 aliphatic heterocycles. The van der Waals surface area contributed by atoms with E-state index in [0.29, 0.717) is 0 Å². The molecule has 0 aromatic carbocycles. The second kappa shape index (κ2) is 8.18. The predicted molar refractivity (Wildman–Crippen MR) is 89.2 cm³/mol. The molecule has 0 unspecified atom stereocenters. The molecule has 0 radical (unpaired) electrons. The van der Waals surface area contributed by atoms with Gasteiger partial charge in [-0.15, -0.1) is 0 Å². The SMILES string of the molecule is CCOC(=O)CC1=C[C@@](C)(CC(=O)OCC)C(C#N)(C#N)C(N)=C1C#N. The van der Waals surface area contributed by atoms with Gasteiger partial charge in [0.05, 0.1) is 49.5 Å². The monoisotopic (exact) mass is 356 g/mol. The van der Waals surface area contributed by atoms with Crippen molar-refractivity contribution >= 4 is 11.9 Å². The van der Waals surface area contributed by atoms with Gasteiger partial charge in [0.25, 0.3) is 0 Å². The minimum absolute atomic E-state index is 0.123. The van der Waals surface area contributed by atoms with Crippen LogP contribution in [0.3, 0.4) is 0 Å². The van der Waals surface area contributed by atoms with Crippen LogP contribution in [0.4, 0.5) is 0 Å². The van der Waals surface area contributed by atoms with Crippen molar-refractivity contribution in [2.24, 2.45) is 16.6 Å². The first-order chi connectivity index (χ1) is 12.2. The molecule has 0 fully saturated rings. The normalized spacial score (nSPS) is 20.8. The van der Waals surface area contributed by atoms with Crippen molar-refractivity contribution in [3.8, 4) is 18.2 Å². The van der Waals surface area contributed by atoms with Crippen LogP contribution in [0.2, 0.25) is 0 Å². The molecule has 0 amide bonds. The number of nitrogens with zero attached hydrogens (tertiary/aromatic N) is 3. The van der Waals surface area contributed by atoms with Gasteiger partial charge in [0.1, 0.15) is 6.07 Å². The van der Waals surface area contributed by atoms with Crippen molar-refractivity contribution in [2.45, 2.75) is 33.6 Å². The Morgan fingerprint density at radius 3 is 2.12 bits per heavy atom. The number of ether oxygens (including phenoxy) is 2. The number of carbonyl (C=O) groups is 2. The number of carbonyl (C=O) groups excluding carboxylic acids is 2. The maximum Gasteiger partial charge on any atom is 0.310 e. The van der Waals surface area contributed by atoms with Crippen LogP contribution in [0.25, 0.3) is 0 Å². The number of nitriles is 3. The summed E-state index contributed by atoms with van der Waals surface area (Å²) in [6.45, 7) is 5.07. The molecular weight excluding hydrogens is 336 g/mol. The minimum Gasteiger partial charge on any atom is -0.466 e. The number of nitrogens with two attached hydrogens (primary N) is 1. The van der Waals surface area contributed by atoms with Crippen LogP contribution < -0.4 is 5.73 Å². The van der Waals surface area contributed by atoms with Gasteiger partial charge >= 0.3 is 11.9 Å². The van der Waals surface area contributed by atoms with Gasteiger partial charge in [-0.25, -0.2) is 0 Å². The quantitative estimate of drug-likeness (QED) is 0.705. The molecule has 0 heterocycles. The first-order valence-corrected chi connectivity index (χ1v) is 8.01. The Morgan fingerprint density at radius 2 is 1.65 bits per heavy atom. The average Bonchev–Trinajstić information content (AvgIpc) is 2.56. The van der Waals surface area contributed by atoms with E-state index >= 15 is 0 Å². The third-order valence-electron chi connectivity index (χ3n) is 4.25. The molecule has 2 N–H and O–H groups in total. The van der Waals surface area contributed by atoms with Crippen molar-refractivity contribution in [3.63, 3.8) is 0 Å². The summed E-state index contributed by atoms with van der Waals surface area (Å²) in [5.41, 5.74) is 2.52. The van der Waals surface area contributed by atoms with Gasteiger partial charge in [-0.1, -0.05) is 13.0 Å². The average molecular weight is 356 g/mol. The van der Waals surface area contributed by atoms with Gasteiger partial charge < -0.3 is 15.2 Å². The summed E-state index contributed by atoms with van der Waals surface area (Å²) in [6, 6.07) is 5.56. The fourth-order valence-corrected chi connectivity index (χ4v) is 2.97. The smallest absolute Gasteiger partial charge is 0.310 e. The highest BCUT2D eigenvalue weighted by molar-refractivity contribution is 5.77. The van der Waals surface area contributed by atoms with Gasteiger partial charge in [-0.3, -0.25) is 9.59 Å². The number of esters is 2. The Kier molecular flexibility index (Phi) is 6.52. The highest BCUT2D eigenvalue weighted by Gasteiger charge is 2.55. The van der Waals surface area contributed by atoms with E-state index in [1.54, 1.807) is 13.8 Å². The number of hydrogen-bond acceptors (Lipinski definition) is 8. The second-order valence-electron chi connectivity index (χ2n) is 5.92. The molecule has 1 rings (SSSR count). The number of rotatable bonds is 6. The lowest BCUT2D eigenvalue weighted by molar-refractivity contribution is -0.145. The molecule has 0 aromatic rings. The van der Waals surface area contributed by atoms with Crippen molar-refractivity contribution in [3.05, 3.63) is 22.9 Å². The molecule has 1 aliphatic rings. The van der Waals surface area contributed by atoms with Crippen LogP contribution in [0.5, 0.6) is 0 Å². The van der Waals surface area contributed by atoms with E-state index in [1.807, 2.05) is 18.2 Å². The van der Waals surface area contributed by atoms with E-state index in [4.69, 9.17) is 15.2 Å². The van der Waals surface area contributed by atoms with E-state index in [0.717, 1.165) is 0 Å². The molecule has 1 atom stereocenters. The fraction of sp³-hybridized carbons (Fsp3) is 0.500. The summed E-state index contributed by atoms with van der Waals surface area (Å²) >= 11 is 0.